The van der Waals surface area contributed by atoms with Crippen molar-refractivity contribution >= 4 is 17.9 Å². The predicted octanol–water partition coefficient (Wildman–Crippen LogP) is 28.4. The highest BCUT2D eigenvalue weighted by Crippen LogP contribution is 2.21. The number of aliphatic carboxylic acids is 1. The normalized spacial score (nSPS) is 12.8. The molecule has 2 atom stereocenters. The standard InChI is InChI=1S/C94H175NO8/c1-6-8-10-12-14-16-18-20-22-24-26-28-30-32-34-36-38-40-42-44-45-46-47-49-50-52-54-56-58-60-62-64-66-68-70-72-74-76-78-80-82-84-91(96)101-88-90(89-102-94(93(98)99)100-87-86-95(3,4)5)103-92(97)85-83-81-79-77-75-73-71-69-67-65-63-61-59-57-55-53-51-48-43-41-39-37-35-33-31-29-27-25-23-21-19-17-15-13-11-9-7-2/h9,11,15,17,21,23-24,26-27,29,90,94H,6-8,10,12-14,16,18-20,22,25,28,30-89H2,1-5H3/b11-9-,17-15-,23-21-,26-24-,29-27-. The third-order valence-electron chi connectivity index (χ3n) is 20.7. The van der Waals surface area contributed by atoms with E-state index in [1.165, 1.54) is 372 Å². The van der Waals surface area contributed by atoms with Crippen LogP contribution < -0.4 is 5.11 Å². The van der Waals surface area contributed by atoms with Gasteiger partial charge in [0.25, 0.3) is 0 Å². The Hall–Kier alpha value is -3.01. The maximum atomic E-state index is 13.0. The molecule has 9 nitrogen and oxygen atoms in total. The van der Waals surface area contributed by atoms with Gasteiger partial charge in [-0.15, -0.1) is 0 Å². The van der Waals surface area contributed by atoms with E-state index in [0.29, 0.717) is 17.4 Å². The molecule has 0 amide bonds. The van der Waals surface area contributed by atoms with Gasteiger partial charge < -0.3 is 33.3 Å². The molecule has 0 heterocycles. The number of allylic oxidation sites excluding steroid dienone is 10. The lowest BCUT2D eigenvalue weighted by atomic mass is 10.0. The van der Waals surface area contributed by atoms with Gasteiger partial charge in [0, 0.05) is 12.8 Å². The zero-order valence-electron chi connectivity index (χ0n) is 69.5. The summed E-state index contributed by atoms with van der Waals surface area (Å²) in [6.07, 6.45) is 111. The molecule has 0 rings (SSSR count). The number of ether oxygens (including phenoxy) is 4. The van der Waals surface area contributed by atoms with Gasteiger partial charge >= 0.3 is 11.9 Å². The Morgan fingerprint density at radius 3 is 0.835 bits per heavy atom. The van der Waals surface area contributed by atoms with Crippen molar-refractivity contribution < 1.29 is 42.9 Å². The third kappa shape index (κ3) is 86.1. The third-order valence-corrected chi connectivity index (χ3v) is 20.7. The number of hydrogen-bond acceptors (Lipinski definition) is 8. The van der Waals surface area contributed by atoms with Gasteiger partial charge in [0.1, 0.15) is 13.2 Å². The smallest absolute Gasteiger partial charge is 0.306 e. The molecule has 0 aliphatic carbocycles. The number of quaternary nitrogens is 1. The minimum atomic E-state index is -1.62. The first-order chi connectivity index (χ1) is 50.6. The van der Waals surface area contributed by atoms with E-state index in [9.17, 15) is 19.5 Å². The Labute approximate surface area is 641 Å². The van der Waals surface area contributed by atoms with Gasteiger partial charge in [0.15, 0.2) is 12.4 Å². The van der Waals surface area contributed by atoms with E-state index in [1.54, 1.807) is 0 Å². The molecule has 0 bridgehead atoms. The van der Waals surface area contributed by atoms with Crippen LogP contribution in [0.3, 0.4) is 0 Å². The maximum absolute atomic E-state index is 13.0. The van der Waals surface area contributed by atoms with Gasteiger partial charge in [0.2, 0.25) is 0 Å². The van der Waals surface area contributed by atoms with Gasteiger partial charge in [-0.25, -0.2) is 0 Å². The van der Waals surface area contributed by atoms with E-state index in [1.807, 2.05) is 21.1 Å². The minimum absolute atomic E-state index is 0.151. The molecule has 0 aliphatic heterocycles. The first kappa shape index (κ1) is 100.0. The molecule has 0 fully saturated rings. The number of hydrogen-bond donors (Lipinski definition) is 0. The van der Waals surface area contributed by atoms with Gasteiger partial charge in [-0.3, -0.25) is 9.59 Å². The lowest BCUT2D eigenvalue weighted by Gasteiger charge is -2.26. The topological polar surface area (TPSA) is 111 Å². The first-order valence-corrected chi connectivity index (χ1v) is 45.4. The molecular formula is C94H175NO8. The fourth-order valence-corrected chi connectivity index (χ4v) is 13.9. The van der Waals surface area contributed by atoms with E-state index in [4.69, 9.17) is 18.9 Å². The van der Waals surface area contributed by atoms with Crippen LogP contribution >= 0.6 is 0 Å². The van der Waals surface area contributed by atoms with Crippen LogP contribution in [0.15, 0.2) is 60.8 Å². The zero-order valence-corrected chi connectivity index (χ0v) is 69.5. The predicted molar refractivity (Wildman–Crippen MR) is 445 cm³/mol. The van der Waals surface area contributed by atoms with E-state index >= 15 is 0 Å². The molecule has 0 spiro atoms. The van der Waals surface area contributed by atoms with Crippen molar-refractivity contribution in [3.05, 3.63) is 60.8 Å². The van der Waals surface area contributed by atoms with E-state index in [2.05, 4.69) is 74.6 Å². The number of carbonyl (C=O) groups is 3. The van der Waals surface area contributed by atoms with Gasteiger partial charge in [-0.2, -0.15) is 0 Å². The molecule has 2 unspecified atom stereocenters. The van der Waals surface area contributed by atoms with Crippen LogP contribution in [-0.4, -0.2) is 82.3 Å². The number of likely N-dealkylation sites (N-methyl/N-ethyl adjacent to an activating group) is 1. The minimum Gasteiger partial charge on any atom is -0.545 e. The van der Waals surface area contributed by atoms with Crippen molar-refractivity contribution in [2.24, 2.45) is 0 Å². The Balaban J connectivity index is 3.88. The number of rotatable bonds is 86. The zero-order chi connectivity index (χ0) is 74.6. The summed E-state index contributed by atoms with van der Waals surface area (Å²) < 4.78 is 22.9. The van der Waals surface area contributed by atoms with E-state index in [-0.39, 0.29) is 32.2 Å². The Kier molecular flexibility index (Phi) is 82.1. The van der Waals surface area contributed by atoms with Gasteiger partial charge in [0.05, 0.1) is 40.3 Å². The van der Waals surface area contributed by atoms with Crippen molar-refractivity contribution in [3.8, 4) is 0 Å². The summed E-state index contributed by atoms with van der Waals surface area (Å²) in [6, 6.07) is 0. The largest absolute Gasteiger partial charge is 0.545 e. The van der Waals surface area contributed by atoms with E-state index in [0.717, 1.165) is 64.2 Å². The monoisotopic (exact) mass is 1450 g/mol. The van der Waals surface area contributed by atoms with Crippen LogP contribution in [0, 0.1) is 0 Å². The highest BCUT2D eigenvalue weighted by molar-refractivity contribution is 5.70. The summed E-state index contributed by atoms with van der Waals surface area (Å²) in [6.45, 7) is 4.72. The van der Waals surface area contributed by atoms with Gasteiger partial charge in [-0.05, 0) is 77.0 Å². The molecule has 0 radical (unpaired) electrons. The summed E-state index contributed by atoms with van der Waals surface area (Å²) in [4.78, 5) is 37.7. The Bertz CT molecular complexity index is 1880. The average Bonchev–Trinajstić information content (AvgIpc) is 1.16. The van der Waals surface area contributed by atoms with Crippen LogP contribution in [0.5, 0.6) is 0 Å². The Morgan fingerprint density at radius 1 is 0.301 bits per heavy atom. The summed E-state index contributed by atoms with van der Waals surface area (Å²) in [5.74, 6) is -2.25. The van der Waals surface area contributed by atoms with Gasteiger partial charge in [-0.1, -0.05) is 434 Å². The molecule has 0 aliphatic rings. The SMILES string of the molecule is CC/C=C\C/C=C\C/C=C\C/C=C\CCCCCCCCCCCCCCCCCCCCCCCCCCC(=O)OC(COC(=O)CCCCCCCCCCCCCCCCCCCCCCCCCCCCCCC/C=C\CCCCCCCCCC)COC(OCC[N+](C)(C)C)C(=O)[O-]. The first-order valence-electron chi connectivity index (χ1n) is 45.4. The molecule has 0 saturated carbocycles. The number of carbonyl (C=O) groups excluding carboxylic acids is 3. The molecule has 103 heavy (non-hydrogen) atoms. The average molecular weight is 1450 g/mol. The lowest BCUT2D eigenvalue weighted by Crippen LogP contribution is -2.44. The second kappa shape index (κ2) is 84.6. The highest BCUT2D eigenvalue weighted by Gasteiger charge is 2.22. The van der Waals surface area contributed by atoms with Crippen LogP contribution in [0.4, 0.5) is 0 Å². The highest BCUT2D eigenvalue weighted by atomic mass is 16.7. The lowest BCUT2D eigenvalue weighted by molar-refractivity contribution is -0.870. The molecule has 0 aromatic rings. The van der Waals surface area contributed by atoms with Crippen LogP contribution in [0.2, 0.25) is 0 Å². The summed E-state index contributed by atoms with van der Waals surface area (Å²) in [5.41, 5.74) is 0. The number of carboxylic acid groups (broad SMARTS) is 1. The van der Waals surface area contributed by atoms with E-state index < -0.39 is 24.3 Å². The van der Waals surface area contributed by atoms with Crippen molar-refractivity contribution in [3.63, 3.8) is 0 Å². The number of carboxylic acids is 1. The summed E-state index contributed by atoms with van der Waals surface area (Å²) >= 11 is 0. The molecule has 9 heteroatoms. The number of unbranched alkanes of at least 4 members (excludes halogenated alkanes) is 61. The number of nitrogens with zero attached hydrogens (tertiary/aromatic N) is 1. The van der Waals surface area contributed by atoms with Crippen LogP contribution in [0.25, 0.3) is 0 Å². The molecule has 0 aromatic heterocycles. The molecule has 604 valence electrons. The van der Waals surface area contributed by atoms with Crippen LogP contribution in [-0.2, 0) is 33.3 Å². The van der Waals surface area contributed by atoms with Crippen molar-refractivity contribution in [1.29, 1.82) is 0 Å². The number of esters is 2. The fourth-order valence-electron chi connectivity index (χ4n) is 13.9. The van der Waals surface area contributed by atoms with Crippen molar-refractivity contribution in [2.45, 2.75) is 476 Å². The molecule has 0 N–H and O–H groups in total. The van der Waals surface area contributed by atoms with Crippen LogP contribution in [0.1, 0.15) is 463 Å². The second-order valence-electron chi connectivity index (χ2n) is 32.2. The van der Waals surface area contributed by atoms with Crippen molar-refractivity contribution in [1.82, 2.24) is 0 Å². The summed E-state index contributed by atoms with van der Waals surface area (Å²) in [5, 5.41) is 11.9. The maximum Gasteiger partial charge on any atom is 0.306 e. The Morgan fingerprint density at radius 2 is 0.553 bits per heavy atom. The fraction of sp³-hybridized carbons (Fsp3) is 0.862. The quantitative estimate of drug-likeness (QED) is 0.0195. The van der Waals surface area contributed by atoms with Crippen molar-refractivity contribution in [2.75, 3.05) is 47.5 Å². The summed E-state index contributed by atoms with van der Waals surface area (Å²) in [7, 11) is 5.96. The molecule has 0 saturated heterocycles. The second-order valence-corrected chi connectivity index (χ2v) is 32.2. The molecule has 0 aromatic carbocycles. The molecular weight excluding hydrogens is 1270 g/mol.